The van der Waals surface area contributed by atoms with Crippen LogP contribution >= 0.6 is 17.3 Å². The first kappa shape index (κ1) is 26.8. The molecule has 0 spiro atoms. The summed E-state index contributed by atoms with van der Waals surface area (Å²) in [6.07, 6.45) is 3.43. The molecule has 2 heterocycles. The summed E-state index contributed by atoms with van der Waals surface area (Å²) in [7, 11) is 3.62. The van der Waals surface area contributed by atoms with E-state index in [1.54, 1.807) is 43.2 Å². The molecule has 2 aromatic heterocycles. The third-order valence-corrected chi connectivity index (χ3v) is 7.45. The predicted octanol–water partition coefficient (Wildman–Crippen LogP) is 6.09. The summed E-state index contributed by atoms with van der Waals surface area (Å²) in [6.45, 7) is 0. The second-order valence-corrected chi connectivity index (χ2v) is 9.49. The molecule has 0 atom stereocenters. The van der Waals surface area contributed by atoms with Crippen LogP contribution in [-0.4, -0.2) is 9.97 Å². The zero-order chi connectivity index (χ0) is 24.9. The van der Waals surface area contributed by atoms with Crippen molar-refractivity contribution in [3.8, 4) is 11.3 Å². The van der Waals surface area contributed by atoms with Crippen molar-refractivity contribution in [1.82, 2.24) is 9.97 Å². The minimum atomic E-state index is -0.988. The maximum absolute atomic E-state index is 13.2. The van der Waals surface area contributed by atoms with Gasteiger partial charge in [-0.3, -0.25) is 8.78 Å². The van der Waals surface area contributed by atoms with Gasteiger partial charge in [-0.2, -0.15) is 0 Å². The molecule has 2 nitrogen and oxygen atoms in total. The topological polar surface area (TPSA) is 25.8 Å². The normalized spacial score (nSPS) is 10.0. The van der Waals surface area contributed by atoms with Crippen molar-refractivity contribution in [2.45, 2.75) is 0 Å². The van der Waals surface area contributed by atoms with Crippen LogP contribution in [0.1, 0.15) is 0 Å². The fourth-order valence-corrected chi connectivity index (χ4v) is 5.78. The van der Waals surface area contributed by atoms with Crippen molar-refractivity contribution in [3.05, 3.63) is 139 Å². The summed E-state index contributed by atoms with van der Waals surface area (Å²) in [4.78, 5) is 8.52. The van der Waals surface area contributed by atoms with Crippen LogP contribution < -0.4 is 16.0 Å². The smallest absolute Gasteiger partial charge is 0.190 e. The maximum atomic E-state index is 13.2. The van der Waals surface area contributed by atoms with Crippen LogP contribution in [0.5, 0.6) is 0 Å². The van der Waals surface area contributed by atoms with Gasteiger partial charge in [-0.25, -0.2) is 4.98 Å². The average Bonchev–Trinajstić information content (AvgIpc) is 2.93. The quantitative estimate of drug-likeness (QED) is 0.169. The van der Waals surface area contributed by atoms with E-state index in [0.717, 1.165) is 12.1 Å². The monoisotopic (exact) mass is 684 g/mol. The summed E-state index contributed by atoms with van der Waals surface area (Å²) < 4.78 is 25.8. The Morgan fingerprint density at radius 3 is 1.71 bits per heavy atom. The molecular weight excluding hydrogens is 664 g/mol. The molecule has 0 aliphatic heterocycles. The Balaban J connectivity index is 0.000000190. The van der Waals surface area contributed by atoms with Crippen LogP contribution in [-0.2, 0) is 18.8 Å². The van der Waals surface area contributed by atoms with Crippen LogP contribution in [0, 0.1) is 17.7 Å². The Kier molecular flexibility index (Phi) is 11.2. The molecule has 3 aromatic carbocycles. The Morgan fingerprint density at radius 2 is 1.23 bits per heavy atom. The van der Waals surface area contributed by atoms with Crippen LogP contribution in [0.25, 0.3) is 11.3 Å². The van der Waals surface area contributed by atoms with E-state index in [0.29, 0.717) is 5.69 Å². The molecule has 0 bridgehead atoms. The van der Waals surface area contributed by atoms with Crippen molar-refractivity contribution in [1.29, 1.82) is 0 Å². The van der Waals surface area contributed by atoms with Gasteiger partial charge < -0.3 is 4.98 Å². The minimum absolute atomic E-state index is 0.187. The summed E-state index contributed by atoms with van der Waals surface area (Å²) in [5.41, 5.74) is 1.82. The third kappa shape index (κ3) is 7.87. The summed E-state index contributed by atoms with van der Waals surface area (Å²) >= 11 is 1.61. The molecule has 0 amide bonds. The van der Waals surface area contributed by atoms with Crippen LogP contribution in [0.2, 0.25) is 0 Å². The predicted molar refractivity (Wildman–Crippen MR) is 139 cm³/mol. The van der Waals surface area contributed by atoms with Gasteiger partial charge in [-0.1, -0.05) is 66.2 Å². The van der Waals surface area contributed by atoms with Crippen molar-refractivity contribution in [3.63, 3.8) is 0 Å². The first-order valence-corrected chi connectivity index (χ1v) is 14.8. The summed E-state index contributed by atoms with van der Waals surface area (Å²) in [5, 5.41) is 2.75. The molecule has 0 aliphatic rings. The van der Waals surface area contributed by atoms with Gasteiger partial charge in [-0.15, -0.1) is 12.1 Å². The van der Waals surface area contributed by atoms with Crippen molar-refractivity contribution in [2.24, 2.45) is 0 Å². The van der Waals surface area contributed by atoms with Gasteiger partial charge in [0, 0.05) is 30.1 Å². The molecule has 0 saturated carbocycles. The molecule has 0 fully saturated rings. The first-order chi connectivity index (χ1) is 17.2. The van der Waals surface area contributed by atoms with E-state index in [4.69, 9.17) is 0 Å². The van der Waals surface area contributed by atoms with E-state index in [1.807, 2.05) is 12.3 Å². The van der Waals surface area contributed by atoms with Gasteiger partial charge in [0.1, 0.15) is 18.5 Å². The zero-order valence-corrected chi connectivity index (χ0v) is 22.4. The van der Waals surface area contributed by atoms with Crippen molar-refractivity contribution >= 4 is 33.4 Å². The molecular formula is C28H21ClF2N2PPt+. The number of rotatable bonds is 4. The van der Waals surface area contributed by atoms with Gasteiger partial charge in [0.2, 0.25) is 0 Å². The standard InChI is InChI=1S/C17H14NP.C11H6F2N.ClH.Pt/c1-3-9-15(10-4-1)19(16-11-5-2-6-12-16)17-13-7-8-14-18-17;12-8-4-5-9(10(13)7-8)11-3-1-2-6-14-11;;/h1-14H;1-4,6-7H;1H;/q;-1;;+2. The zero-order valence-electron chi connectivity index (χ0n) is 18.4. The molecule has 0 saturated heterocycles. The number of halogens is 3. The Morgan fingerprint density at radius 1 is 0.686 bits per heavy atom. The maximum Gasteiger partial charge on any atom is 0.190 e. The Labute approximate surface area is 220 Å². The van der Waals surface area contributed by atoms with Crippen molar-refractivity contribution < 1.29 is 27.6 Å². The molecule has 0 N–H and O–H groups in total. The van der Waals surface area contributed by atoms with Crippen molar-refractivity contribution in [2.75, 3.05) is 0 Å². The summed E-state index contributed by atoms with van der Waals surface area (Å²) in [6, 6.07) is 37.1. The van der Waals surface area contributed by atoms with Gasteiger partial charge in [-0.05, 0) is 42.1 Å². The van der Waals surface area contributed by atoms with Crippen LogP contribution in [0.15, 0.2) is 122 Å². The number of pyridine rings is 2. The van der Waals surface area contributed by atoms with E-state index in [2.05, 4.69) is 98.2 Å². The number of hydrogen-bond acceptors (Lipinski definition) is 2. The molecule has 0 radical (unpaired) electrons. The molecule has 7 heteroatoms. The number of hydrogen-bond donors (Lipinski definition) is 0. The molecule has 5 aromatic rings. The summed E-state index contributed by atoms with van der Waals surface area (Å²) in [5.74, 6) is -1.29. The van der Waals surface area contributed by atoms with E-state index >= 15 is 0 Å². The Bertz CT molecular complexity index is 1190. The van der Waals surface area contributed by atoms with Gasteiger partial charge >= 0.3 is 28.2 Å². The third-order valence-electron chi connectivity index (χ3n) is 4.82. The molecule has 5 rings (SSSR count). The van der Waals surface area contributed by atoms with E-state index in [-0.39, 0.29) is 5.56 Å². The van der Waals surface area contributed by atoms with E-state index in [1.165, 1.54) is 16.0 Å². The van der Waals surface area contributed by atoms with Gasteiger partial charge in [0.25, 0.3) is 0 Å². The van der Waals surface area contributed by atoms with Gasteiger partial charge in [0.05, 0.1) is 0 Å². The fraction of sp³-hybridized carbons (Fsp3) is 0. The number of nitrogens with zero attached hydrogens (tertiary/aromatic N) is 2. The molecule has 0 unspecified atom stereocenters. The first-order valence-electron chi connectivity index (χ1n) is 10.5. The van der Waals surface area contributed by atoms with E-state index in [9.17, 15) is 8.78 Å². The largest absolute Gasteiger partial charge is 0.222 e. The van der Waals surface area contributed by atoms with Gasteiger partial charge in [0.15, 0.2) is 5.44 Å². The number of benzene rings is 3. The number of aromatic nitrogens is 2. The average molecular weight is 685 g/mol. The van der Waals surface area contributed by atoms with E-state index < -0.39 is 19.6 Å². The second kappa shape index (κ2) is 14.6. The fourth-order valence-electron chi connectivity index (χ4n) is 3.33. The Hall–Kier alpha value is -2.77. The SMILES string of the molecule is Fc1c[c-]c(-c2ccccn2)c(F)c1.[Cl][Pt+].c1ccc([PH+](c2ccccc2)c2ccccn2)cc1. The molecule has 0 aliphatic carbocycles. The molecule has 178 valence electrons. The van der Waals surface area contributed by atoms with Crippen LogP contribution in [0.4, 0.5) is 8.78 Å². The second-order valence-electron chi connectivity index (χ2n) is 7.08. The van der Waals surface area contributed by atoms with Crippen LogP contribution in [0.3, 0.4) is 0 Å². The minimum Gasteiger partial charge on any atom is -0.222 e. The molecule has 35 heavy (non-hydrogen) atoms.